The van der Waals surface area contributed by atoms with Crippen LogP contribution >= 0.6 is 0 Å². The van der Waals surface area contributed by atoms with Crippen molar-refractivity contribution in [2.75, 3.05) is 79.2 Å². The summed E-state index contributed by atoms with van der Waals surface area (Å²) in [5, 5.41) is 2.77. The Hall–Kier alpha value is -3.21. The molecule has 0 spiro atoms. The maximum Gasteiger partial charge on any atom is 0.227 e. The summed E-state index contributed by atoms with van der Waals surface area (Å²) in [6.07, 6.45) is 6.07. The predicted molar refractivity (Wildman–Crippen MR) is 184 cm³/mol. The van der Waals surface area contributed by atoms with E-state index in [0.717, 1.165) is 68.6 Å². The third kappa shape index (κ3) is 7.36. The number of hydrogen-bond acceptors (Lipinski definition) is 7. The Bertz CT molecular complexity index is 1390. The van der Waals surface area contributed by atoms with E-state index in [4.69, 9.17) is 14.2 Å². The van der Waals surface area contributed by atoms with Gasteiger partial charge in [-0.1, -0.05) is 18.2 Å². The van der Waals surface area contributed by atoms with Crippen LogP contribution in [-0.4, -0.2) is 108 Å². The van der Waals surface area contributed by atoms with Crippen molar-refractivity contribution in [1.29, 1.82) is 0 Å². The van der Waals surface area contributed by atoms with Gasteiger partial charge in [-0.05, 0) is 73.9 Å². The first kappa shape index (κ1) is 34.6. The highest BCUT2D eigenvalue weighted by atomic mass is 19.1. The molecule has 1 N–H and O–H groups in total. The summed E-state index contributed by atoms with van der Waals surface area (Å²) in [7, 11) is 6.87. The number of anilines is 1. The third-order valence-electron chi connectivity index (χ3n) is 11.7. The molecule has 3 aliphatic heterocycles. The largest absolute Gasteiger partial charge is 0.497 e. The number of carbonyl (C=O) groups is 2. The van der Waals surface area contributed by atoms with Gasteiger partial charge in [0.1, 0.15) is 11.6 Å². The van der Waals surface area contributed by atoms with Gasteiger partial charge in [0, 0.05) is 95.9 Å². The number of halogens is 1. The van der Waals surface area contributed by atoms with Crippen molar-refractivity contribution in [2.45, 2.75) is 62.5 Å². The van der Waals surface area contributed by atoms with Crippen LogP contribution in [-0.2, 0) is 19.1 Å². The number of hydrogen-bond donors (Lipinski definition) is 1. The molecule has 2 aromatic rings. The Kier molecular flexibility index (Phi) is 11.2. The Balaban J connectivity index is 1.23. The van der Waals surface area contributed by atoms with Gasteiger partial charge in [-0.3, -0.25) is 14.5 Å². The fourth-order valence-electron chi connectivity index (χ4n) is 8.93. The van der Waals surface area contributed by atoms with Gasteiger partial charge in [0.2, 0.25) is 11.8 Å². The zero-order valence-corrected chi connectivity index (χ0v) is 29.0. The Morgan fingerprint density at radius 1 is 0.875 bits per heavy atom. The van der Waals surface area contributed by atoms with E-state index in [1.165, 1.54) is 11.6 Å². The molecule has 4 fully saturated rings. The highest BCUT2D eigenvalue weighted by Crippen LogP contribution is 2.43. The number of amides is 2. The number of piperidine rings is 1. The monoisotopic (exact) mass is 664 g/mol. The topological polar surface area (TPSA) is 83.6 Å². The van der Waals surface area contributed by atoms with Crippen molar-refractivity contribution in [2.24, 2.45) is 17.8 Å². The van der Waals surface area contributed by atoms with E-state index in [9.17, 15) is 14.0 Å². The van der Waals surface area contributed by atoms with E-state index in [2.05, 4.69) is 32.1 Å². The van der Waals surface area contributed by atoms with Crippen LogP contribution in [0.5, 0.6) is 5.75 Å². The van der Waals surface area contributed by atoms with Crippen LogP contribution in [0.3, 0.4) is 0 Å². The SMILES string of the molecule is CNC(=O)C1CCN(c2cc(F)ccc2[C@H]2CN(C(=O)[C@@H]3CN([C@H]4CC[C@H](OC)CC4)C[C@H]3c3ccc(OC)cc3)C[C@@H]2COC)CC1. The van der Waals surface area contributed by atoms with Gasteiger partial charge in [0.25, 0.3) is 0 Å². The highest BCUT2D eigenvalue weighted by Gasteiger charge is 2.46. The number of methoxy groups -OCH3 is 3. The fraction of sp³-hybridized carbons (Fsp3) is 0.632. The number of nitrogens with one attached hydrogen (secondary N) is 1. The van der Waals surface area contributed by atoms with Crippen molar-refractivity contribution in [3.63, 3.8) is 0 Å². The molecule has 1 saturated carbocycles. The molecule has 2 aromatic carbocycles. The van der Waals surface area contributed by atoms with Crippen LogP contribution in [0.25, 0.3) is 0 Å². The quantitative estimate of drug-likeness (QED) is 0.396. The number of benzene rings is 2. The van der Waals surface area contributed by atoms with Gasteiger partial charge in [-0.25, -0.2) is 4.39 Å². The lowest BCUT2D eigenvalue weighted by Crippen LogP contribution is -2.40. The molecule has 2 amide bonds. The third-order valence-corrected chi connectivity index (χ3v) is 11.7. The number of carbonyl (C=O) groups excluding carboxylic acids is 2. The van der Waals surface area contributed by atoms with Crippen LogP contribution in [0.15, 0.2) is 42.5 Å². The Morgan fingerprint density at radius 2 is 1.60 bits per heavy atom. The average Bonchev–Trinajstić information content (AvgIpc) is 3.77. The van der Waals surface area contributed by atoms with Crippen molar-refractivity contribution in [3.05, 3.63) is 59.4 Å². The first-order valence-electron chi connectivity index (χ1n) is 17.8. The van der Waals surface area contributed by atoms with Gasteiger partial charge >= 0.3 is 0 Å². The summed E-state index contributed by atoms with van der Waals surface area (Å²) in [5.74, 6) is 0.821. The summed E-state index contributed by atoms with van der Waals surface area (Å²) in [6.45, 7) is 4.68. The van der Waals surface area contributed by atoms with Crippen LogP contribution < -0.4 is 15.0 Å². The van der Waals surface area contributed by atoms with Gasteiger partial charge in [0.05, 0.1) is 25.7 Å². The zero-order chi connectivity index (χ0) is 33.8. The van der Waals surface area contributed by atoms with Crippen molar-refractivity contribution in [3.8, 4) is 5.75 Å². The number of nitrogens with zero attached hydrogens (tertiary/aromatic N) is 3. The summed E-state index contributed by atoms with van der Waals surface area (Å²) in [6, 6.07) is 13.8. The van der Waals surface area contributed by atoms with E-state index in [1.807, 2.05) is 18.2 Å². The summed E-state index contributed by atoms with van der Waals surface area (Å²) >= 11 is 0. The molecule has 48 heavy (non-hydrogen) atoms. The van der Waals surface area contributed by atoms with Gasteiger partial charge in [-0.2, -0.15) is 0 Å². The van der Waals surface area contributed by atoms with Crippen molar-refractivity contribution < 1.29 is 28.2 Å². The molecular formula is C38H53FN4O5. The maximum atomic E-state index is 14.8. The van der Waals surface area contributed by atoms with E-state index < -0.39 is 0 Å². The predicted octanol–water partition coefficient (Wildman–Crippen LogP) is 4.66. The molecule has 0 unspecified atom stereocenters. The second-order valence-electron chi connectivity index (χ2n) is 14.3. The molecule has 262 valence electrons. The normalized spacial score (nSPS) is 28.5. The molecule has 4 atom stereocenters. The van der Waals surface area contributed by atoms with Gasteiger partial charge in [0.15, 0.2) is 0 Å². The molecule has 4 aliphatic rings. The van der Waals surface area contributed by atoms with E-state index in [0.29, 0.717) is 44.9 Å². The van der Waals surface area contributed by atoms with Crippen molar-refractivity contribution in [1.82, 2.24) is 15.1 Å². The Morgan fingerprint density at radius 3 is 2.25 bits per heavy atom. The number of ether oxygens (including phenoxy) is 3. The van der Waals surface area contributed by atoms with Crippen LogP contribution in [0.2, 0.25) is 0 Å². The lowest BCUT2D eigenvalue weighted by Gasteiger charge is -2.35. The molecule has 6 rings (SSSR count). The molecule has 10 heteroatoms. The molecule has 1 aliphatic carbocycles. The number of rotatable bonds is 10. The first-order valence-corrected chi connectivity index (χ1v) is 17.8. The summed E-state index contributed by atoms with van der Waals surface area (Å²) < 4.78 is 31.6. The average molecular weight is 665 g/mol. The van der Waals surface area contributed by atoms with Gasteiger partial charge < -0.3 is 29.3 Å². The van der Waals surface area contributed by atoms with Crippen LogP contribution in [0.1, 0.15) is 61.5 Å². The lowest BCUT2D eigenvalue weighted by atomic mass is 9.87. The zero-order valence-electron chi connectivity index (χ0n) is 29.0. The van der Waals surface area contributed by atoms with Crippen LogP contribution in [0, 0.1) is 23.6 Å². The minimum absolute atomic E-state index is 0.0161. The molecule has 0 radical (unpaired) electrons. The highest BCUT2D eigenvalue weighted by molar-refractivity contribution is 5.81. The summed E-state index contributed by atoms with van der Waals surface area (Å²) in [5.41, 5.74) is 3.11. The minimum atomic E-state index is -0.274. The molecule has 3 heterocycles. The molecule has 0 bridgehead atoms. The summed E-state index contributed by atoms with van der Waals surface area (Å²) in [4.78, 5) is 33.8. The standard InChI is InChI=1S/C38H53FN4O5/c1-40-37(44)26-15-17-41(18-16-26)36-19-28(39)7-14-32(36)34-22-43(20-27(34)24-46-2)38(45)35-23-42(29-8-12-31(48-4)13-9-29)21-33(35)25-5-10-30(47-3)11-6-25/h5-7,10-11,14,19,26-27,29,31,33-35H,8-9,12-13,15-18,20-24H2,1-4H3,(H,40,44)/t27-,29-,31-,33+,34+,35-/m1/s1. The second-order valence-corrected chi connectivity index (χ2v) is 14.3. The van der Waals surface area contributed by atoms with E-state index in [-0.39, 0.29) is 47.2 Å². The Labute approximate surface area is 285 Å². The van der Waals surface area contributed by atoms with Crippen LogP contribution in [0.4, 0.5) is 10.1 Å². The molecule has 3 saturated heterocycles. The smallest absolute Gasteiger partial charge is 0.227 e. The lowest BCUT2D eigenvalue weighted by molar-refractivity contribution is -0.134. The van der Waals surface area contributed by atoms with E-state index >= 15 is 0 Å². The molecule has 0 aromatic heterocycles. The molecular weight excluding hydrogens is 611 g/mol. The second kappa shape index (κ2) is 15.6. The number of likely N-dealkylation sites (tertiary alicyclic amines) is 2. The minimum Gasteiger partial charge on any atom is -0.497 e. The van der Waals surface area contributed by atoms with Gasteiger partial charge in [-0.15, -0.1) is 0 Å². The fourth-order valence-corrected chi connectivity index (χ4v) is 8.93. The first-order chi connectivity index (χ1) is 23.3. The molecule has 9 nitrogen and oxygen atoms in total. The van der Waals surface area contributed by atoms with Crippen molar-refractivity contribution >= 4 is 17.5 Å². The van der Waals surface area contributed by atoms with E-state index in [1.54, 1.807) is 34.4 Å². The maximum absolute atomic E-state index is 14.8.